The Bertz CT molecular complexity index is 1110. The van der Waals surface area contributed by atoms with E-state index in [-0.39, 0.29) is 5.91 Å². The minimum atomic E-state index is -0.495. The van der Waals surface area contributed by atoms with Gasteiger partial charge in [0.25, 0.3) is 0 Å². The zero-order valence-corrected chi connectivity index (χ0v) is 21.0. The normalized spacial score (nSPS) is 15.4. The molecule has 0 saturated carbocycles. The molecule has 1 amide bonds. The third kappa shape index (κ3) is 7.07. The first kappa shape index (κ1) is 25.2. The summed E-state index contributed by atoms with van der Waals surface area (Å²) in [5, 5.41) is 0. The summed E-state index contributed by atoms with van der Waals surface area (Å²) < 4.78 is 11.9. The molecule has 0 spiro atoms. The van der Waals surface area contributed by atoms with E-state index in [1.807, 2.05) is 29.5 Å². The Morgan fingerprint density at radius 3 is 2.80 bits per heavy atom. The Balaban J connectivity index is 1.60. The van der Waals surface area contributed by atoms with E-state index in [9.17, 15) is 4.79 Å². The maximum atomic E-state index is 13.1. The highest BCUT2D eigenvalue weighted by molar-refractivity contribution is 7.98. The topological polar surface area (TPSA) is 77.7 Å². The zero-order chi connectivity index (χ0) is 24.5. The molecular weight excluding hydrogens is 458 g/mol. The summed E-state index contributed by atoms with van der Waals surface area (Å²) in [6.07, 6.45) is 7.07. The van der Waals surface area contributed by atoms with Crippen LogP contribution < -0.4 is 10.5 Å². The van der Waals surface area contributed by atoms with Gasteiger partial charge >= 0.3 is 0 Å². The lowest BCUT2D eigenvalue weighted by molar-refractivity contribution is -0.134. The van der Waals surface area contributed by atoms with Crippen LogP contribution in [0.4, 0.5) is 0 Å². The van der Waals surface area contributed by atoms with Crippen molar-refractivity contribution in [2.75, 3.05) is 38.4 Å². The predicted molar refractivity (Wildman–Crippen MR) is 142 cm³/mol. The van der Waals surface area contributed by atoms with Crippen LogP contribution in [-0.4, -0.2) is 60.2 Å². The van der Waals surface area contributed by atoms with Crippen LogP contribution in [0, 0.1) is 0 Å². The monoisotopic (exact) mass is 491 g/mol. The van der Waals surface area contributed by atoms with Gasteiger partial charge in [-0.15, -0.1) is 0 Å². The van der Waals surface area contributed by atoms with Gasteiger partial charge in [0.1, 0.15) is 12.4 Å². The van der Waals surface area contributed by atoms with Crippen molar-refractivity contribution in [2.24, 2.45) is 5.73 Å². The highest BCUT2D eigenvalue weighted by Crippen LogP contribution is 2.29. The van der Waals surface area contributed by atoms with Crippen LogP contribution >= 0.6 is 11.8 Å². The number of benzene rings is 2. The quantitative estimate of drug-likeness (QED) is 0.578. The molecule has 1 aliphatic rings. The summed E-state index contributed by atoms with van der Waals surface area (Å²) in [6, 6.07) is 18.2. The molecule has 0 fully saturated rings. The first-order chi connectivity index (χ1) is 17.1. The van der Waals surface area contributed by atoms with Crippen molar-refractivity contribution in [2.45, 2.75) is 25.4 Å². The molecule has 0 radical (unpaired) electrons. The highest BCUT2D eigenvalue weighted by Gasteiger charge is 2.21. The number of fused-ring (bicyclic) bond motifs is 3. The molecule has 3 aromatic rings. The van der Waals surface area contributed by atoms with Gasteiger partial charge in [0.15, 0.2) is 0 Å². The Hall–Kier alpha value is -2.87. The average Bonchev–Trinajstić information content (AvgIpc) is 2.89. The number of rotatable bonds is 5. The van der Waals surface area contributed by atoms with E-state index in [4.69, 9.17) is 15.2 Å². The van der Waals surface area contributed by atoms with Gasteiger partial charge in [0.05, 0.1) is 19.3 Å². The molecule has 1 aliphatic heterocycles. The molecular formula is C28H33N3O3S. The number of hydrogen-bond donors (Lipinski definition) is 1. The number of amides is 1. The zero-order valence-electron chi connectivity index (χ0n) is 20.2. The van der Waals surface area contributed by atoms with Gasteiger partial charge in [0, 0.05) is 37.5 Å². The van der Waals surface area contributed by atoms with Crippen molar-refractivity contribution < 1.29 is 14.3 Å². The average molecular weight is 492 g/mol. The van der Waals surface area contributed by atoms with E-state index in [0.29, 0.717) is 39.3 Å². The van der Waals surface area contributed by atoms with E-state index in [0.717, 1.165) is 40.2 Å². The second-order valence-electron chi connectivity index (χ2n) is 8.67. The maximum absolute atomic E-state index is 13.1. The van der Waals surface area contributed by atoms with Crippen molar-refractivity contribution in [1.82, 2.24) is 9.88 Å². The Morgan fingerprint density at radius 1 is 1.09 bits per heavy atom. The number of nitrogens with zero attached hydrogens (tertiary/aromatic N) is 2. The molecule has 1 atom stereocenters. The molecule has 184 valence electrons. The molecule has 6 nitrogen and oxygen atoms in total. The molecule has 2 bridgehead atoms. The van der Waals surface area contributed by atoms with Crippen molar-refractivity contribution in [3.63, 3.8) is 0 Å². The standard InChI is InChI=1S/C28H33N3O3S/c1-35-15-9-26(29)28(32)31-11-12-33-13-14-34-27-8-7-23(24-6-3-10-30-19-24)18-25(27)17-21-4-2-5-22(16-21)20-31/h2-8,10,16,18-19,26H,9,11-15,17,20,29H2,1H3/t26-/m0/s1. The van der Waals surface area contributed by atoms with Crippen molar-refractivity contribution >= 4 is 17.7 Å². The molecule has 0 aliphatic carbocycles. The summed E-state index contributed by atoms with van der Waals surface area (Å²) in [5.74, 6) is 1.70. The second kappa shape index (κ2) is 12.7. The smallest absolute Gasteiger partial charge is 0.239 e. The third-order valence-electron chi connectivity index (χ3n) is 6.07. The Kier molecular flexibility index (Phi) is 9.17. The molecule has 35 heavy (non-hydrogen) atoms. The molecule has 2 N–H and O–H groups in total. The number of aromatic nitrogens is 1. The van der Waals surface area contributed by atoms with Crippen molar-refractivity contribution in [3.05, 3.63) is 83.7 Å². The van der Waals surface area contributed by atoms with Crippen LogP contribution in [0.1, 0.15) is 23.1 Å². The van der Waals surface area contributed by atoms with Gasteiger partial charge in [-0.2, -0.15) is 11.8 Å². The summed E-state index contributed by atoms with van der Waals surface area (Å²) in [5.41, 5.74) is 11.7. The van der Waals surface area contributed by atoms with E-state index < -0.39 is 6.04 Å². The van der Waals surface area contributed by atoms with Gasteiger partial charge in [-0.3, -0.25) is 9.78 Å². The lowest BCUT2D eigenvalue weighted by Crippen LogP contribution is -2.45. The number of hydrogen-bond acceptors (Lipinski definition) is 6. The number of carbonyl (C=O) groups excluding carboxylic acids is 1. The largest absolute Gasteiger partial charge is 0.491 e. The van der Waals surface area contributed by atoms with E-state index in [1.165, 1.54) is 5.56 Å². The Morgan fingerprint density at radius 2 is 1.97 bits per heavy atom. The molecule has 0 unspecified atom stereocenters. The molecule has 4 rings (SSSR count). The predicted octanol–water partition coefficient (Wildman–Crippen LogP) is 4.16. The van der Waals surface area contributed by atoms with Gasteiger partial charge in [-0.05, 0) is 58.9 Å². The number of thioether (sulfide) groups is 1. The number of nitrogens with two attached hydrogens (primary N) is 1. The number of carbonyl (C=O) groups is 1. The summed E-state index contributed by atoms with van der Waals surface area (Å²) in [7, 11) is 0. The maximum Gasteiger partial charge on any atom is 0.239 e. The van der Waals surface area contributed by atoms with Crippen molar-refractivity contribution in [3.8, 4) is 16.9 Å². The fraction of sp³-hybridized carbons (Fsp3) is 0.357. The fourth-order valence-corrected chi connectivity index (χ4v) is 4.70. The molecule has 7 heteroatoms. The van der Waals surface area contributed by atoms with Gasteiger partial charge in [-0.1, -0.05) is 36.4 Å². The van der Waals surface area contributed by atoms with E-state index in [1.54, 1.807) is 18.0 Å². The van der Waals surface area contributed by atoms with Crippen LogP contribution in [0.25, 0.3) is 11.1 Å². The van der Waals surface area contributed by atoms with Crippen LogP contribution in [0.5, 0.6) is 5.75 Å². The van der Waals surface area contributed by atoms with Gasteiger partial charge in [-0.25, -0.2) is 0 Å². The summed E-state index contributed by atoms with van der Waals surface area (Å²) in [4.78, 5) is 19.2. The van der Waals surface area contributed by atoms with E-state index in [2.05, 4.69) is 47.4 Å². The summed E-state index contributed by atoms with van der Waals surface area (Å²) >= 11 is 1.70. The molecule has 1 aromatic heterocycles. The van der Waals surface area contributed by atoms with Crippen LogP contribution in [0.2, 0.25) is 0 Å². The number of pyridine rings is 1. The third-order valence-corrected chi connectivity index (χ3v) is 6.71. The van der Waals surface area contributed by atoms with E-state index >= 15 is 0 Å². The highest BCUT2D eigenvalue weighted by atomic mass is 32.2. The van der Waals surface area contributed by atoms with Crippen LogP contribution in [0.15, 0.2) is 67.0 Å². The minimum Gasteiger partial charge on any atom is -0.491 e. The van der Waals surface area contributed by atoms with Crippen LogP contribution in [-0.2, 0) is 22.5 Å². The SMILES string of the molecule is CSCC[C@H](N)C(=O)N1CCOCCOc2ccc(-c3cccnc3)cc2Cc2cccc(c2)C1. The lowest BCUT2D eigenvalue weighted by Gasteiger charge is -2.26. The molecule has 2 aromatic carbocycles. The number of ether oxygens (including phenoxy) is 2. The molecule has 0 saturated heterocycles. The van der Waals surface area contributed by atoms with Crippen LogP contribution in [0.3, 0.4) is 0 Å². The Labute approximate surface area is 211 Å². The summed E-state index contributed by atoms with van der Waals surface area (Å²) in [6.45, 7) is 2.36. The van der Waals surface area contributed by atoms with Crippen molar-refractivity contribution in [1.29, 1.82) is 0 Å². The second-order valence-corrected chi connectivity index (χ2v) is 9.66. The minimum absolute atomic E-state index is 0.0251. The van der Waals surface area contributed by atoms with Gasteiger partial charge in [0.2, 0.25) is 5.91 Å². The van der Waals surface area contributed by atoms with Gasteiger partial charge < -0.3 is 20.1 Å². The lowest BCUT2D eigenvalue weighted by atomic mass is 9.98. The first-order valence-electron chi connectivity index (χ1n) is 12.0. The molecule has 2 heterocycles. The first-order valence-corrected chi connectivity index (χ1v) is 13.4. The fourth-order valence-electron chi connectivity index (χ4n) is 4.21.